The van der Waals surface area contributed by atoms with Crippen LogP contribution in [0.2, 0.25) is 10.0 Å². The van der Waals surface area contributed by atoms with E-state index in [1.165, 1.54) is 11.3 Å². The van der Waals surface area contributed by atoms with E-state index in [4.69, 9.17) is 23.2 Å². The lowest BCUT2D eigenvalue weighted by Gasteiger charge is -2.09. The van der Waals surface area contributed by atoms with Gasteiger partial charge in [-0.2, -0.15) is 0 Å². The summed E-state index contributed by atoms with van der Waals surface area (Å²) in [7, 11) is 0. The van der Waals surface area contributed by atoms with E-state index in [1.54, 1.807) is 18.2 Å². The van der Waals surface area contributed by atoms with Crippen LogP contribution in [0.5, 0.6) is 0 Å². The van der Waals surface area contributed by atoms with Gasteiger partial charge in [0.15, 0.2) is 0 Å². The van der Waals surface area contributed by atoms with Gasteiger partial charge in [-0.15, -0.1) is 11.3 Å². The van der Waals surface area contributed by atoms with Gasteiger partial charge in [0.1, 0.15) is 0 Å². The van der Waals surface area contributed by atoms with Crippen molar-refractivity contribution < 1.29 is 4.79 Å². The number of hydrogen-bond acceptors (Lipinski definition) is 2. The topological polar surface area (TPSA) is 29.1 Å². The van der Waals surface area contributed by atoms with Gasteiger partial charge in [-0.3, -0.25) is 4.79 Å². The first-order valence-corrected chi connectivity index (χ1v) is 8.74. The highest BCUT2D eigenvalue weighted by Crippen LogP contribution is 2.36. The summed E-state index contributed by atoms with van der Waals surface area (Å²) in [5, 5.41) is 3.45. The molecule has 0 unspecified atom stereocenters. The second-order valence-corrected chi connectivity index (χ2v) is 8.92. The fourth-order valence-electron chi connectivity index (χ4n) is 1.34. The maximum absolute atomic E-state index is 12.2. The summed E-state index contributed by atoms with van der Waals surface area (Å²) in [4.78, 5) is 12.2. The zero-order valence-electron chi connectivity index (χ0n) is 8.94. The van der Waals surface area contributed by atoms with Crippen molar-refractivity contribution in [3.63, 3.8) is 0 Å². The average molecular weight is 509 g/mol. The van der Waals surface area contributed by atoms with Gasteiger partial charge in [0.2, 0.25) is 0 Å². The summed E-state index contributed by atoms with van der Waals surface area (Å²) in [6, 6.07) is 5.06. The quantitative estimate of drug-likeness (QED) is 0.487. The lowest BCUT2D eigenvalue weighted by Crippen LogP contribution is -2.12. The molecule has 8 heteroatoms. The molecule has 2 aromatic rings. The normalized spacial score (nSPS) is 10.6. The molecule has 0 saturated carbocycles. The van der Waals surface area contributed by atoms with Gasteiger partial charge in [0.05, 0.1) is 28.9 Å². The molecule has 0 aliphatic carbocycles. The summed E-state index contributed by atoms with van der Waals surface area (Å²) in [6.45, 7) is 0. The minimum Gasteiger partial charge on any atom is -0.319 e. The van der Waals surface area contributed by atoms with Gasteiger partial charge in [-0.25, -0.2) is 0 Å². The first-order valence-electron chi connectivity index (χ1n) is 4.79. The van der Waals surface area contributed by atoms with Crippen molar-refractivity contribution in [1.82, 2.24) is 0 Å². The Kier molecular flexibility index (Phi) is 5.36. The molecule has 0 aliphatic rings. The molecule has 2 nitrogen and oxygen atoms in total. The molecule has 0 radical (unpaired) electrons. The van der Waals surface area contributed by atoms with Crippen molar-refractivity contribution in [2.75, 3.05) is 5.32 Å². The van der Waals surface area contributed by atoms with E-state index in [9.17, 15) is 4.79 Å². The van der Waals surface area contributed by atoms with Crippen LogP contribution in [0.4, 0.5) is 5.69 Å². The Morgan fingerprint density at radius 2 is 1.68 bits per heavy atom. The molecule has 0 aliphatic heterocycles. The number of rotatable bonds is 2. The number of nitrogens with one attached hydrogen (secondary N) is 1. The van der Waals surface area contributed by atoms with Crippen LogP contribution in [0.25, 0.3) is 0 Å². The predicted molar refractivity (Wildman–Crippen MR) is 91.8 cm³/mol. The first-order chi connectivity index (χ1) is 8.88. The van der Waals surface area contributed by atoms with Gasteiger partial charge in [-0.05, 0) is 50.1 Å². The summed E-state index contributed by atoms with van der Waals surface area (Å²) in [6.07, 6.45) is 0. The van der Waals surface area contributed by atoms with Crippen LogP contribution in [0.3, 0.4) is 0 Å². The van der Waals surface area contributed by atoms with Crippen LogP contribution in [-0.4, -0.2) is 5.91 Å². The average Bonchev–Trinajstić information content (AvgIpc) is 2.62. The van der Waals surface area contributed by atoms with Crippen molar-refractivity contribution in [3.05, 3.63) is 45.9 Å². The van der Waals surface area contributed by atoms with Crippen molar-refractivity contribution in [2.45, 2.75) is 0 Å². The van der Waals surface area contributed by atoms with Crippen LogP contribution in [0, 0.1) is 0 Å². The summed E-state index contributed by atoms with van der Waals surface area (Å²) in [5.74, 6) is -0.278. The summed E-state index contributed by atoms with van der Waals surface area (Å²) < 4.78 is 2.35. The highest BCUT2D eigenvalue weighted by Gasteiger charge is 2.17. The molecule has 1 amide bonds. The van der Waals surface area contributed by atoms with Crippen LogP contribution in [-0.2, 0) is 0 Å². The number of thiophene rings is 1. The third-order valence-electron chi connectivity index (χ3n) is 2.15. The molecule has 0 spiro atoms. The van der Waals surface area contributed by atoms with Gasteiger partial charge in [-0.1, -0.05) is 39.1 Å². The van der Waals surface area contributed by atoms with E-state index in [-0.39, 0.29) is 5.91 Å². The van der Waals surface area contributed by atoms with Gasteiger partial charge in [0.25, 0.3) is 5.91 Å². The lowest BCUT2D eigenvalue weighted by atomic mass is 10.2. The van der Waals surface area contributed by atoms with Crippen molar-refractivity contribution >= 4 is 93.9 Å². The maximum Gasteiger partial charge on any atom is 0.257 e. The summed E-state index contributed by atoms with van der Waals surface area (Å²) in [5.41, 5.74) is 0.915. The number of amides is 1. The van der Waals surface area contributed by atoms with Crippen molar-refractivity contribution in [3.8, 4) is 0 Å². The number of benzene rings is 1. The van der Waals surface area contributed by atoms with Crippen molar-refractivity contribution in [1.29, 1.82) is 0 Å². The van der Waals surface area contributed by atoms with Gasteiger partial charge < -0.3 is 5.32 Å². The van der Waals surface area contributed by atoms with E-state index in [1.807, 2.05) is 0 Å². The van der Waals surface area contributed by atoms with E-state index in [2.05, 4.69) is 53.1 Å². The molecule has 0 fully saturated rings. The predicted octanol–water partition coefficient (Wildman–Crippen LogP) is 6.59. The molecular formula is C11H4Br3Cl2NOS. The maximum atomic E-state index is 12.2. The SMILES string of the molecule is O=C(Nc1c(Cl)cc(Br)cc1Cl)c1cc(Br)sc1Br. The number of hydrogen-bond donors (Lipinski definition) is 1. The molecule has 0 atom stereocenters. The Balaban J connectivity index is 2.32. The standard InChI is InChI=1S/C11H4Br3Cl2NOS/c12-4-1-6(15)9(7(16)2-4)17-11(18)5-3-8(13)19-10(5)14/h1-3H,(H,17,18). The number of carbonyl (C=O) groups excluding carboxylic acids is 1. The minimum atomic E-state index is -0.278. The van der Waals surface area contributed by atoms with Gasteiger partial charge in [0, 0.05) is 4.47 Å². The highest BCUT2D eigenvalue weighted by atomic mass is 79.9. The molecule has 2 rings (SSSR count). The fourth-order valence-corrected chi connectivity index (χ4v) is 5.43. The molecule has 0 saturated heterocycles. The number of carbonyl (C=O) groups is 1. The fraction of sp³-hybridized carbons (Fsp3) is 0. The third-order valence-corrected chi connectivity index (χ3v) is 5.54. The van der Waals surface area contributed by atoms with E-state index in [0.29, 0.717) is 21.3 Å². The lowest BCUT2D eigenvalue weighted by molar-refractivity contribution is 0.102. The smallest absolute Gasteiger partial charge is 0.257 e. The Morgan fingerprint density at radius 3 is 2.16 bits per heavy atom. The molecule has 1 N–H and O–H groups in total. The zero-order valence-corrected chi connectivity index (χ0v) is 16.0. The van der Waals surface area contributed by atoms with Crippen LogP contribution in [0.15, 0.2) is 30.2 Å². The number of anilines is 1. The van der Waals surface area contributed by atoms with Crippen LogP contribution >= 0.6 is 82.3 Å². The van der Waals surface area contributed by atoms with E-state index < -0.39 is 0 Å². The molecule has 1 heterocycles. The molecule has 19 heavy (non-hydrogen) atoms. The number of halogens is 5. The molecule has 0 bridgehead atoms. The summed E-state index contributed by atoms with van der Waals surface area (Å²) >= 11 is 23.5. The minimum absolute atomic E-state index is 0.278. The Hall–Kier alpha value is 0.410. The second-order valence-electron chi connectivity index (χ2n) is 3.44. The molecule has 1 aromatic heterocycles. The highest BCUT2D eigenvalue weighted by molar-refractivity contribution is 9.12. The Labute approximate surface area is 148 Å². The Bertz CT molecular complexity index is 636. The van der Waals surface area contributed by atoms with Crippen molar-refractivity contribution in [2.24, 2.45) is 0 Å². The molecular weight excluding hydrogens is 505 g/mol. The zero-order chi connectivity index (χ0) is 14.2. The van der Waals surface area contributed by atoms with Crippen LogP contribution < -0.4 is 5.32 Å². The van der Waals surface area contributed by atoms with Gasteiger partial charge >= 0.3 is 0 Å². The molecule has 100 valence electrons. The third kappa shape index (κ3) is 3.74. The second kappa shape index (κ2) is 6.45. The first kappa shape index (κ1) is 15.8. The van der Waals surface area contributed by atoms with Crippen LogP contribution in [0.1, 0.15) is 10.4 Å². The Morgan fingerprint density at radius 1 is 1.11 bits per heavy atom. The van der Waals surface area contributed by atoms with E-state index in [0.717, 1.165) is 12.0 Å². The van der Waals surface area contributed by atoms with E-state index >= 15 is 0 Å². The molecule has 1 aromatic carbocycles. The largest absolute Gasteiger partial charge is 0.319 e. The monoisotopic (exact) mass is 505 g/mol.